The van der Waals surface area contributed by atoms with Gasteiger partial charge < -0.3 is 14.8 Å². The van der Waals surface area contributed by atoms with E-state index in [1.54, 1.807) is 13.2 Å². The van der Waals surface area contributed by atoms with Gasteiger partial charge in [0.05, 0.1) is 19.3 Å². The van der Waals surface area contributed by atoms with Crippen molar-refractivity contribution >= 4 is 17.4 Å². The van der Waals surface area contributed by atoms with E-state index in [0.29, 0.717) is 30.8 Å². The summed E-state index contributed by atoms with van der Waals surface area (Å²) < 4.78 is 10.5. The second kappa shape index (κ2) is 8.08. The standard InChI is InChI=1S/C11H18ClN3O2/c1-3-4-17-11-5-10(13-8-14-11)15-9(6-12)7-16-2/h5,8-9H,3-4,6-7H2,1-2H3,(H,13,14,15). The molecular weight excluding hydrogens is 242 g/mol. The van der Waals surface area contributed by atoms with E-state index >= 15 is 0 Å². The Hall–Kier alpha value is -1.07. The molecule has 1 aromatic heterocycles. The zero-order valence-corrected chi connectivity index (χ0v) is 10.9. The Kier molecular flexibility index (Phi) is 6.65. The van der Waals surface area contributed by atoms with E-state index in [4.69, 9.17) is 21.1 Å². The lowest BCUT2D eigenvalue weighted by Gasteiger charge is -2.15. The lowest BCUT2D eigenvalue weighted by atomic mass is 10.3. The van der Waals surface area contributed by atoms with E-state index in [1.807, 2.05) is 6.92 Å². The molecule has 0 aliphatic rings. The number of rotatable bonds is 8. The highest BCUT2D eigenvalue weighted by Crippen LogP contribution is 2.12. The van der Waals surface area contributed by atoms with Crippen molar-refractivity contribution in [2.24, 2.45) is 0 Å². The summed E-state index contributed by atoms with van der Waals surface area (Å²) in [4.78, 5) is 8.12. The maximum Gasteiger partial charge on any atom is 0.218 e. The van der Waals surface area contributed by atoms with Gasteiger partial charge >= 0.3 is 0 Å². The molecular formula is C11H18ClN3O2. The molecule has 5 nitrogen and oxygen atoms in total. The summed E-state index contributed by atoms with van der Waals surface area (Å²) >= 11 is 5.80. The zero-order valence-electron chi connectivity index (χ0n) is 10.1. The van der Waals surface area contributed by atoms with Gasteiger partial charge in [-0.3, -0.25) is 0 Å². The third-order valence-corrected chi connectivity index (χ3v) is 2.37. The molecule has 0 aliphatic carbocycles. The summed E-state index contributed by atoms with van der Waals surface area (Å²) in [7, 11) is 1.64. The average molecular weight is 260 g/mol. The molecule has 1 N–H and O–H groups in total. The van der Waals surface area contributed by atoms with Gasteiger partial charge in [0.15, 0.2) is 0 Å². The third-order valence-electron chi connectivity index (χ3n) is 2.00. The fourth-order valence-corrected chi connectivity index (χ4v) is 1.41. The molecule has 0 aromatic carbocycles. The predicted molar refractivity (Wildman–Crippen MR) is 67.8 cm³/mol. The number of ether oxygens (including phenoxy) is 2. The van der Waals surface area contributed by atoms with Crippen molar-refractivity contribution < 1.29 is 9.47 Å². The highest BCUT2D eigenvalue weighted by atomic mass is 35.5. The molecule has 1 heterocycles. The predicted octanol–water partition coefficient (Wildman–Crippen LogP) is 1.93. The molecule has 17 heavy (non-hydrogen) atoms. The first kappa shape index (κ1) is 14.0. The number of methoxy groups -OCH3 is 1. The van der Waals surface area contributed by atoms with Crippen LogP contribution in [0.25, 0.3) is 0 Å². The molecule has 0 aliphatic heterocycles. The van der Waals surface area contributed by atoms with E-state index in [0.717, 1.165) is 6.42 Å². The Labute approximate surface area is 107 Å². The smallest absolute Gasteiger partial charge is 0.218 e. The van der Waals surface area contributed by atoms with Gasteiger partial charge in [0.1, 0.15) is 12.1 Å². The molecule has 1 unspecified atom stereocenters. The fourth-order valence-electron chi connectivity index (χ4n) is 1.24. The highest BCUT2D eigenvalue weighted by molar-refractivity contribution is 6.18. The maximum absolute atomic E-state index is 5.80. The van der Waals surface area contributed by atoms with Crippen LogP contribution in [0, 0.1) is 0 Å². The first-order valence-corrected chi connectivity index (χ1v) is 6.09. The normalized spacial score (nSPS) is 12.2. The molecule has 0 bridgehead atoms. The second-order valence-electron chi connectivity index (χ2n) is 3.54. The van der Waals surface area contributed by atoms with E-state index in [1.165, 1.54) is 6.33 Å². The summed E-state index contributed by atoms with van der Waals surface area (Å²) in [6, 6.07) is 1.78. The number of alkyl halides is 1. The summed E-state index contributed by atoms with van der Waals surface area (Å²) in [5, 5.41) is 3.16. The van der Waals surface area contributed by atoms with Crippen molar-refractivity contribution in [2.45, 2.75) is 19.4 Å². The zero-order chi connectivity index (χ0) is 12.5. The third kappa shape index (κ3) is 5.19. The largest absolute Gasteiger partial charge is 0.478 e. The van der Waals surface area contributed by atoms with Gasteiger partial charge in [0.2, 0.25) is 5.88 Å². The fraction of sp³-hybridized carbons (Fsp3) is 0.636. The Morgan fingerprint density at radius 3 is 2.94 bits per heavy atom. The van der Waals surface area contributed by atoms with Crippen LogP contribution in [-0.4, -0.2) is 42.2 Å². The first-order valence-electron chi connectivity index (χ1n) is 5.56. The molecule has 1 rings (SSSR count). The van der Waals surface area contributed by atoms with Crippen molar-refractivity contribution in [2.75, 3.05) is 31.5 Å². The molecule has 0 saturated heterocycles. The number of nitrogens with zero attached hydrogens (tertiary/aromatic N) is 2. The lowest BCUT2D eigenvalue weighted by molar-refractivity contribution is 0.191. The van der Waals surface area contributed by atoms with Crippen LogP contribution in [0.1, 0.15) is 13.3 Å². The van der Waals surface area contributed by atoms with Gasteiger partial charge in [-0.1, -0.05) is 6.92 Å². The number of anilines is 1. The van der Waals surface area contributed by atoms with Crippen molar-refractivity contribution in [3.05, 3.63) is 12.4 Å². The van der Waals surface area contributed by atoms with Gasteiger partial charge in [0, 0.05) is 19.1 Å². The number of hydrogen-bond acceptors (Lipinski definition) is 5. The van der Waals surface area contributed by atoms with E-state index in [-0.39, 0.29) is 6.04 Å². The van der Waals surface area contributed by atoms with Crippen molar-refractivity contribution in [3.8, 4) is 5.88 Å². The number of halogens is 1. The van der Waals surface area contributed by atoms with Gasteiger partial charge in [-0.2, -0.15) is 0 Å². The Morgan fingerprint density at radius 1 is 1.47 bits per heavy atom. The van der Waals surface area contributed by atoms with Crippen LogP contribution in [0.15, 0.2) is 12.4 Å². The molecule has 0 radical (unpaired) electrons. The second-order valence-corrected chi connectivity index (χ2v) is 3.85. The maximum atomic E-state index is 5.80. The van der Waals surface area contributed by atoms with Crippen LogP contribution in [0.4, 0.5) is 5.82 Å². The SMILES string of the molecule is CCCOc1cc(NC(CCl)COC)ncn1. The summed E-state index contributed by atoms with van der Waals surface area (Å²) in [5.74, 6) is 1.70. The lowest BCUT2D eigenvalue weighted by Crippen LogP contribution is -2.27. The number of nitrogens with one attached hydrogen (secondary N) is 1. The topological polar surface area (TPSA) is 56.3 Å². The van der Waals surface area contributed by atoms with E-state index in [9.17, 15) is 0 Å². The molecule has 1 aromatic rings. The molecule has 96 valence electrons. The molecule has 6 heteroatoms. The quantitative estimate of drug-likeness (QED) is 0.723. The van der Waals surface area contributed by atoms with Crippen LogP contribution in [0.3, 0.4) is 0 Å². The van der Waals surface area contributed by atoms with Crippen LogP contribution < -0.4 is 10.1 Å². The number of aromatic nitrogens is 2. The minimum absolute atomic E-state index is 0.0237. The Bertz CT molecular complexity index is 325. The highest BCUT2D eigenvalue weighted by Gasteiger charge is 2.08. The van der Waals surface area contributed by atoms with Crippen molar-refractivity contribution in [1.29, 1.82) is 0 Å². The summed E-state index contributed by atoms with van der Waals surface area (Å²) in [5.41, 5.74) is 0. The van der Waals surface area contributed by atoms with Crippen LogP contribution >= 0.6 is 11.6 Å². The molecule has 0 amide bonds. The average Bonchev–Trinajstić information content (AvgIpc) is 2.36. The Balaban J connectivity index is 2.57. The van der Waals surface area contributed by atoms with Crippen LogP contribution in [-0.2, 0) is 4.74 Å². The minimum atomic E-state index is 0.0237. The number of hydrogen-bond donors (Lipinski definition) is 1. The van der Waals surface area contributed by atoms with Gasteiger partial charge in [-0.05, 0) is 6.42 Å². The summed E-state index contributed by atoms with van der Waals surface area (Å²) in [6.45, 7) is 3.22. The Morgan fingerprint density at radius 2 is 2.29 bits per heavy atom. The van der Waals surface area contributed by atoms with Crippen molar-refractivity contribution in [1.82, 2.24) is 9.97 Å². The summed E-state index contributed by atoms with van der Waals surface area (Å²) in [6.07, 6.45) is 2.41. The van der Waals surface area contributed by atoms with E-state index in [2.05, 4.69) is 15.3 Å². The molecule has 0 spiro atoms. The first-order chi connectivity index (χ1) is 8.30. The monoisotopic (exact) mass is 259 g/mol. The molecule has 0 fully saturated rings. The van der Waals surface area contributed by atoms with Crippen LogP contribution in [0.5, 0.6) is 5.88 Å². The van der Waals surface area contributed by atoms with E-state index < -0.39 is 0 Å². The van der Waals surface area contributed by atoms with Gasteiger partial charge in [0.25, 0.3) is 0 Å². The van der Waals surface area contributed by atoms with Gasteiger partial charge in [-0.15, -0.1) is 11.6 Å². The molecule has 1 atom stereocenters. The molecule has 0 saturated carbocycles. The van der Waals surface area contributed by atoms with Crippen molar-refractivity contribution in [3.63, 3.8) is 0 Å². The van der Waals surface area contributed by atoms with Gasteiger partial charge in [-0.25, -0.2) is 9.97 Å². The van der Waals surface area contributed by atoms with Crippen LogP contribution in [0.2, 0.25) is 0 Å². The minimum Gasteiger partial charge on any atom is -0.478 e.